The van der Waals surface area contributed by atoms with E-state index in [1.165, 1.54) is 6.42 Å². The summed E-state index contributed by atoms with van der Waals surface area (Å²) in [4.78, 5) is 0. The largest absolute Gasteiger partial charge is 0.381 e. The van der Waals surface area contributed by atoms with Crippen molar-refractivity contribution in [1.29, 1.82) is 0 Å². The minimum atomic E-state index is 0.370. The molecule has 0 bridgehead atoms. The van der Waals surface area contributed by atoms with E-state index in [-0.39, 0.29) is 0 Å². The van der Waals surface area contributed by atoms with Gasteiger partial charge in [0.15, 0.2) is 0 Å². The summed E-state index contributed by atoms with van der Waals surface area (Å²) in [6, 6.07) is 0. The number of ether oxygens (including phenoxy) is 1. The van der Waals surface area contributed by atoms with Crippen LogP contribution in [0.3, 0.4) is 0 Å². The Labute approximate surface area is 80.4 Å². The third-order valence-corrected chi connectivity index (χ3v) is 3.94. The summed E-state index contributed by atoms with van der Waals surface area (Å²) >= 11 is 6.06. The predicted molar refractivity (Wildman–Crippen MR) is 52.7 cm³/mol. The molecule has 0 aliphatic carbocycles. The van der Waals surface area contributed by atoms with Crippen LogP contribution in [-0.4, -0.2) is 19.1 Å². The molecule has 1 aliphatic heterocycles. The quantitative estimate of drug-likeness (QED) is 0.622. The van der Waals surface area contributed by atoms with Crippen LogP contribution in [0.15, 0.2) is 0 Å². The standard InChI is InChI=1S/C10H19ClO/c1-3-9(2)10(8-11)4-6-12-7-5-10/h9H,3-8H2,1-2H3. The molecular weight excluding hydrogens is 172 g/mol. The molecule has 1 atom stereocenters. The molecule has 1 heterocycles. The molecule has 0 aromatic carbocycles. The van der Waals surface area contributed by atoms with Gasteiger partial charge < -0.3 is 4.74 Å². The van der Waals surface area contributed by atoms with E-state index >= 15 is 0 Å². The minimum Gasteiger partial charge on any atom is -0.381 e. The van der Waals surface area contributed by atoms with E-state index in [1.807, 2.05) is 0 Å². The Morgan fingerprint density at radius 1 is 1.42 bits per heavy atom. The average molecular weight is 191 g/mol. The molecule has 0 aromatic heterocycles. The van der Waals surface area contributed by atoms with Gasteiger partial charge in [0.2, 0.25) is 0 Å². The molecule has 0 N–H and O–H groups in total. The van der Waals surface area contributed by atoms with Crippen molar-refractivity contribution in [2.45, 2.75) is 33.1 Å². The zero-order valence-electron chi connectivity index (χ0n) is 8.11. The van der Waals surface area contributed by atoms with Gasteiger partial charge in [-0.05, 0) is 24.2 Å². The maximum Gasteiger partial charge on any atom is 0.0471 e. The first kappa shape index (κ1) is 10.3. The van der Waals surface area contributed by atoms with Crippen molar-refractivity contribution >= 4 is 11.6 Å². The molecule has 2 heteroatoms. The zero-order valence-corrected chi connectivity index (χ0v) is 8.86. The van der Waals surface area contributed by atoms with Gasteiger partial charge in [-0.25, -0.2) is 0 Å². The Hall–Kier alpha value is 0.250. The first-order valence-corrected chi connectivity index (χ1v) is 5.42. The third-order valence-electron chi connectivity index (χ3n) is 3.41. The van der Waals surface area contributed by atoms with E-state index in [4.69, 9.17) is 16.3 Å². The molecule has 12 heavy (non-hydrogen) atoms. The summed E-state index contributed by atoms with van der Waals surface area (Å²) in [5.41, 5.74) is 0.370. The normalized spacial score (nSPS) is 25.2. The highest BCUT2D eigenvalue weighted by molar-refractivity contribution is 6.18. The monoisotopic (exact) mass is 190 g/mol. The summed E-state index contributed by atoms with van der Waals surface area (Å²) in [5.74, 6) is 1.53. The molecule has 0 amide bonds. The third kappa shape index (κ3) is 1.94. The molecule has 1 aliphatic rings. The average Bonchev–Trinajstić information content (AvgIpc) is 2.17. The van der Waals surface area contributed by atoms with Crippen LogP contribution in [0.5, 0.6) is 0 Å². The number of halogens is 1. The number of alkyl halides is 1. The van der Waals surface area contributed by atoms with E-state index in [0.717, 1.165) is 37.9 Å². The van der Waals surface area contributed by atoms with Gasteiger partial charge in [-0.3, -0.25) is 0 Å². The van der Waals surface area contributed by atoms with E-state index in [0.29, 0.717) is 5.41 Å². The first-order chi connectivity index (χ1) is 5.75. The summed E-state index contributed by atoms with van der Waals surface area (Å²) < 4.78 is 5.36. The lowest BCUT2D eigenvalue weighted by Gasteiger charge is -2.40. The van der Waals surface area contributed by atoms with Crippen molar-refractivity contribution in [3.8, 4) is 0 Å². The van der Waals surface area contributed by atoms with Gasteiger partial charge in [0.1, 0.15) is 0 Å². The molecule has 0 saturated carbocycles. The van der Waals surface area contributed by atoms with Crippen LogP contribution in [0, 0.1) is 11.3 Å². The maximum atomic E-state index is 6.06. The summed E-state index contributed by atoms with van der Waals surface area (Å²) in [6.45, 7) is 6.36. The second-order valence-corrected chi connectivity index (χ2v) is 4.18. The van der Waals surface area contributed by atoms with Crippen LogP contribution in [0.4, 0.5) is 0 Å². The van der Waals surface area contributed by atoms with Gasteiger partial charge in [-0.2, -0.15) is 0 Å². The fourth-order valence-electron chi connectivity index (χ4n) is 1.97. The Balaban J connectivity index is 2.59. The highest BCUT2D eigenvalue weighted by Crippen LogP contribution is 2.40. The molecule has 1 fully saturated rings. The second kappa shape index (κ2) is 4.48. The van der Waals surface area contributed by atoms with Crippen LogP contribution >= 0.6 is 11.6 Å². The van der Waals surface area contributed by atoms with Crippen LogP contribution < -0.4 is 0 Å². The molecule has 72 valence electrons. The highest BCUT2D eigenvalue weighted by Gasteiger charge is 2.35. The van der Waals surface area contributed by atoms with E-state index < -0.39 is 0 Å². The van der Waals surface area contributed by atoms with Gasteiger partial charge in [-0.15, -0.1) is 11.6 Å². The van der Waals surface area contributed by atoms with E-state index in [1.54, 1.807) is 0 Å². The molecule has 0 aromatic rings. The van der Waals surface area contributed by atoms with Crippen LogP contribution in [0.25, 0.3) is 0 Å². The SMILES string of the molecule is CCC(C)C1(CCl)CCOCC1. The Kier molecular flexibility index (Phi) is 3.85. The lowest BCUT2D eigenvalue weighted by atomic mass is 9.71. The number of rotatable bonds is 3. The van der Waals surface area contributed by atoms with Crippen molar-refractivity contribution in [3.05, 3.63) is 0 Å². The topological polar surface area (TPSA) is 9.23 Å². The van der Waals surface area contributed by atoms with Crippen molar-refractivity contribution < 1.29 is 4.74 Å². The fraction of sp³-hybridized carbons (Fsp3) is 1.00. The van der Waals surface area contributed by atoms with Gasteiger partial charge in [0.25, 0.3) is 0 Å². The van der Waals surface area contributed by atoms with Gasteiger partial charge in [-0.1, -0.05) is 20.3 Å². The number of hydrogen-bond acceptors (Lipinski definition) is 1. The first-order valence-electron chi connectivity index (χ1n) is 4.89. The number of hydrogen-bond donors (Lipinski definition) is 0. The smallest absolute Gasteiger partial charge is 0.0471 e. The van der Waals surface area contributed by atoms with Gasteiger partial charge >= 0.3 is 0 Å². The zero-order chi connectivity index (χ0) is 9.03. The molecule has 1 saturated heterocycles. The van der Waals surface area contributed by atoms with Crippen LogP contribution in [0.1, 0.15) is 33.1 Å². The molecular formula is C10H19ClO. The maximum absolute atomic E-state index is 6.06. The van der Waals surface area contributed by atoms with E-state index in [2.05, 4.69) is 13.8 Å². The molecule has 1 nitrogen and oxygen atoms in total. The lowest BCUT2D eigenvalue weighted by Crippen LogP contribution is -2.36. The Morgan fingerprint density at radius 2 is 2.00 bits per heavy atom. The summed E-state index contributed by atoms with van der Waals surface area (Å²) in [5, 5.41) is 0. The second-order valence-electron chi connectivity index (χ2n) is 3.92. The summed E-state index contributed by atoms with van der Waals surface area (Å²) in [7, 11) is 0. The molecule has 0 radical (unpaired) electrons. The van der Waals surface area contributed by atoms with E-state index in [9.17, 15) is 0 Å². The van der Waals surface area contributed by atoms with Crippen molar-refractivity contribution in [2.75, 3.05) is 19.1 Å². The molecule has 1 unspecified atom stereocenters. The Bertz CT molecular complexity index is 130. The van der Waals surface area contributed by atoms with Crippen LogP contribution in [-0.2, 0) is 4.74 Å². The minimum absolute atomic E-state index is 0.370. The van der Waals surface area contributed by atoms with Crippen molar-refractivity contribution in [3.63, 3.8) is 0 Å². The molecule has 1 rings (SSSR count). The van der Waals surface area contributed by atoms with Gasteiger partial charge in [0, 0.05) is 19.1 Å². The molecule has 0 spiro atoms. The van der Waals surface area contributed by atoms with Gasteiger partial charge in [0.05, 0.1) is 0 Å². The highest BCUT2D eigenvalue weighted by atomic mass is 35.5. The van der Waals surface area contributed by atoms with Crippen molar-refractivity contribution in [2.24, 2.45) is 11.3 Å². The lowest BCUT2D eigenvalue weighted by molar-refractivity contribution is -0.00231. The predicted octanol–water partition coefficient (Wildman–Crippen LogP) is 3.07. The fourth-order valence-corrected chi connectivity index (χ4v) is 2.50. The summed E-state index contributed by atoms with van der Waals surface area (Å²) in [6.07, 6.45) is 3.52. The Morgan fingerprint density at radius 3 is 2.42 bits per heavy atom. The van der Waals surface area contributed by atoms with Crippen LogP contribution in [0.2, 0.25) is 0 Å². The van der Waals surface area contributed by atoms with Crippen molar-refractivity contribution in [1.82, 2.24) is 0 Å².